The Morgan fingerprint density at radius 3 is 2.55 bits per heavy atom. The number of halogens is 1. The largest absolute Gasteiger partial charge is 0.508 e. The summed E-state index contributed by atoms with van der Waals surface area (Å²) in [6, 6.07) is 12.1. The van der Waals surface area contributed by atoms with Crippen LogP contribution in [0, 0.1) is 3.57 Å². The standard InChI is InChI=1S/C21H23IN2O6S/c1-3-29-18(10-11-19(26)24-28)20(16-12-13(22)4-9-17(16)25)30-21(27)23-14-5-7-15(31-2)8-6-14/h4-12,18,20,25,28H,3H2,1-2H3,(H,23,27)(H,24,26)/b11-10+/t18-,20-/m1/s1. The van der Waals surface area contributed by atoms with Crippen LogP contribution in [0.15, 0.2) is 59.5 Å². The molecule has 0 aliphatic heterocycles. The third kappa shape index (κ3) is 7.73. The highest BCUT2D eigenvalue weighted by atomic mass is 127. The number of hydroxylamine groups is 1. The van der Waals surface area contributed by atoms with Gasteiger partial charge in [-0.1, -0.05) is 0 Å². The van der Waals surface area contributed by atoms with Crippen LogP contribution in [-0.4, -0.2) is 41.3 Å². The van der Waals surface area contributed by atoms with Crippen LogP contribution in [0.3, 0.4) is 0 Å². The number of phenolic OH excluding ortho intramolecular Hbond substituents is 1. The molecule has 0 saturated carbocycles. The highest BCUT2D eigenvalue weighted by Crippen LogP contribution is 2.33. The van der Waals surface area contributed by atoms with Crippen LogP contribution in [-0.2, 0) is 14.3 Å². The summed E-state index contributed by atoms with van der Waals surface area (Å²) >= 11 is 3.65. The molecule has 10 heteroatoms. The molecule has 0 bridgehead atoms. The number of hydrogen-bond donors (Lipinski definition) is 4. The van der Waals surface area contributed by atoms with Crippen molar-refractivity contribution in [3.63, 3.8) is 0 Å². The first-order valence-corrected chi connectivity index (χ1v) is 11.5. The van der Waals surface area contributed by atoms with E-state index in [4.69, 9.17) is 14.7 Å². The Balaban J connectivity index is 2.32. The van der Waals surface area contributed by atoms with Crippen LogP contribution < -0.4 is 10.8 Å². The third-order valence-electron chi connectivity index (χ3n) is 4.07. The first-order chi connectivity index (χ1) is 14.9. The fraction of sp³-hybridized carbons (Fsp3) is 0.238. The van der Waals surface area contributed by atoms with Gasteiger partial charge in [-0.3, -0.25) is 15.3 Å². The number of thioether (sulfide) groups is 1. The van der Waals surface area contributed by atoms with E-state index in [1.165, 1.54) is 17.6 Å². The molecule has 0 radical (unpaired) electrons. The van der Waals surface area contributed by atoms with E-state index in [1.54, 1.807) is 43.0 Å². The van der Waals surface area contributed by atoms with E-state index in [-0.39, 0.29) is 12.4 Å². The Hall–Kier alpha value is -2.28. The van der Waals surface area contributed by atoms with Gasteiger partial charge in [-0.05, 0) is 84.3 Å². The number of rotatable bonds is 9. The summed E-state index contributed by atoms with van der Waals surface area (Å²) in [7, 11) is 0. The average molecular weight is 558 g/mol. The van der Waals surface area contributed by atoms with E-state index in [0.717, 1.165) is 14.5 Å². The molecule has 8 nitrogen and oxygen atoms in total. The normalized spacial score (nSPS) is 12.9. The number of ether oxygens (including phenoxy) is 2. The summed E-state index contributed by atoms with van der Waals surface area (Å²) in [5, 5.41) is 21.8. The van der Waals surface area contributed by atoms with Crippen molar-refractivity contribution in [1.82, 2.24) is 5.48 Å². The zero-order valence-corrected chi connectivity index (χ0v) is 19.8. The van der Waals surface area contributed by atoms with E-state index in [9.17, 15) is 14.7 Å². The molecule has 0 saturated heterocycles. The lowest BCUT2D eigenvalue weighted by atomic mass is 10.0. The molecular formula is C21H23IN2O6S. The lowest BCUT2D eigenvalue weighted by Crippen LogP contribution is -2.28. The minimum absolute atomic E-state index is 0.0905. The van der Waals surface area contributed by atoms with Crippen molar-refractivity contribution in [3.05, 3.63) is 63.8 Å². The fourth-order valence-electron chi connectivity index (χ4n) is 2.65. The minimum Gasteiger partial charge on any atom is -0.508 e. The van der Waals surface area contributed by atoms with Crippen LogP contribution in [0.1, 0.15) is 18.6 Å². The van der Waals surface area contributed by atoms with Gasteiger partial charge in [0, 0.05) is 32.4 Å². The minimum atomic E-state index is -1.07. The van der Waals surface area contributed by atoms with E-state index in [1.807, 2.05) is 18.4 Å². The van der Waals surface area contributed by atoms with Gasteiger partial charge in [-0.2, -0.15) is 0 Å². The number of nitrogens with one attached hydrogen (secondary N) is 2. The molecule has 0 aliphatic rings. The maximum atomic E-state index is 12.6. The molecule has 4 N–H and O–H groups in total. The predicted molar refractivity (Wildman–Crippen MR) is 126 cm³/mol. The second kappa shape index (κ2) is 12.5. The second-order valence-corrected chi connectivity index (χ2v) is 8.26. The van der Waals surface area contributed by atoms with Crippen LogP contribution >= 0.6 is 34.4 Å². The molecule has 0 heterocycles. The van der Waals surface area contributed by atoms with Gasteiger partial charge in [0.1, 0.15) is 11.9 Å². The van der Waals surface area contributed by atoms with Crippen molar-refractivity contribution in [2.24, 2.45) is 0 Å². The summed E-state index contributed by atoms with van der Waals surface area (Å²) in [5.74, 6) is -0.860. The van der Waals surface area contributed by atoms with Crippen molar-refractivity contribution in [2.75, 3.05) is 18.2 Å². The number of carbonyl (C=O) groups excluding carboxylic acids is 2. The molecule has 2 aromatic rings. The monoisotopic (exact) mass is 558 g/mol. The van der Waals surface area contributed by atoms with E-state index >= 15 is 0 Å². The van der Waals surface area contributed by atoms with Crippen molar-refractivity contribution >= 4 is 52.0 Å². The van der Waals surface area contributed by atoms with Gasteiger partial charge < -0.3 is 14.6 Å². The van der Waals surface area contributed by atoms with Gasteiger partial charge in [0.05, 0.1) is 0 Å². The fourth-order valence-corrected chi connectivity index (χ4v) is 3.58. The van der Waals surface area contributed by atoms with E-state index < -0.39 is 24.2 Å². The summed E-state index contributed by atoms with van der Waals surface area (Å²) in [5.41, 5.74) is 2.34. The molecule has 166 valence electrons. The molecule has 2 amide bonds. The molecule has 0 unspecified atom stereocenters. The van der Waals surface area contributed by atoms with Crippen molar-refractivity contribution in [2.45, 2.75) is 24.0 Å². The van der Waals surface area contributed by atoms with Gasteiger partial charge in [-0.15, -0.1) is 11.8 Å². The van der Waals surface area contributed by atoms with Crippen molar-refractivity contribution in [3.8, 4) is 5.75 Å². The Morgan fingerprint density at radius 2 is 1.94 bits per heavy atom. The maximum absolute atomic E-state index is 12.6. The highest BCUT2D eigenvalue weighted by Gasteiger charge is 2.29. The van der Waals surface area contributed by atoms with Crippen molar-refractivity contribution < 1.29 is 29.4 Å². The van der Waals surface area contributed by atoms with Gasteiger partial charge in [0.25, 0.3) is 5.91 Å². The summed E-state index contributed by atoms with van der Waals surface area (Å²) < 4.78 is 12.1. The summed E-state index contributed by atoms with van der Waals surface area (Å²) in [4.78, 5) is 25.1. The number of benzene rings is 2. The number of anilines is 1. The predicted octanol–water partition coefficient (Wildman–Crippen LogP) is 4.48. The SMILES string of the molecule is CCO[C@H](/C=C/C(=O)NO)[C@H](OC(=O)Nc1ccc(SC)cc1)c1cc(I)ccc1O. The molecular weight excluding hydrogens is 535 g/mol. The molecule has 0 spiro atoms. The smallest absolute Gasteiger partial charge is 0.412 e. The molecule has 2 rings (SSSR count). The Labute approximate surface area is 198 Å². The third-order valence-corrected chi connectivity index (χ3v) is 5.49. The second-order valence-electron chi connectivity index (χ2n) is 6.14. The van der Waals surface area contributed by atoms with Gasteiger partial charge >= 0.3 is 6.09 Å². The number of phenols is 1. The van der Waals surface area contributed by atoms with Crippen LogP contribution in [0.2, 0.25) is 0 Å². The first kappa shape index (κ1) is 25.0. The Kier molecular flexibility index (Phi) is 10.1. The number of carbonyl (C=O) groups is 2. The highest BCUT2D eigenvalue weighted by molar-refractivity contribution is 14.1. The lowest BCUT2D eigenvalue weighted by molar-refractivity contribution is -0.124. The van der Waals surface area contributed by atoms with Crippen LogP contribution in [0.5, 0.6) is 5.75 Å². The van der Waals surface area contributed by atoms with E-state index in [2.05, 4.69) is 27.9 Å². The maximum Gasteiger partial charge on any atom is 0.412 e. The first-order valence-electron chi connectivity index (χ1n) is 9.21. The van der Waals surface area contributed by atoms with Gasteiger partial charge in [0.2, 0.25) is 0 Å². The number of amides is 2. The molecule has 31 heavy (non-hydrogen) atoms. The molecule has 2 atom stereocenters. The Morgan fingerprint density at radius 1 is 1.23 bits per heavy atom. The molecule has 2 aromatic carbocycles. The topological polar surface area (TPSA) is 117 Å². The van der Waals surface area contributed by atoms with Gasteiger partial charge in [0.15, 0.2) is 6.10 Å². The average Bonchev–Trinajstić information content (AvgIpc) is 2.77. The summed E-state index contributed by atoms with van der Waals surface area (Å²) in [6.45, 7) is 1.99. The Bertz CT molecular complexity index is 923. The molecule has 0 fully saturated rings. The van der Waals surface area contributed by atoms with E-state index in [0.29, 0.717) is 11.3 Å². The summed E-state index contributed by atoms with van der Waals surface area (Å²) in [6.07, 6.45) is 1.62. The zero-order chi connectivity index (χ0) is 22.8. The zero-order valence-electron chi connectivity index (χ0n) is 16.9. The van der Waals surface area contributed by atoms with Gasteiger partial charge in [-0.25, -0.2) is 10.3 Å². The van der Waals surface area contributed by atoms with Crippen molar-refractivity contribution in [1.29, 1.82) is 0 Å². The molecule has 0 aromatic heterocycles. The van der Waals surface area contributed by atoms with Crippen LogP contribution in [0.25, 0.3) is 0 Å². The lowest BCUT2D eigenvalue weighted by Gasteiger charge is -2.26. The number of aromatic hydroxyl groups is 1. The quantitative estimate of drug-likeness (QED) is 0.118. The molecule has 0 aliphatic carbocycles. The number of hydrogen-bond acceptors (Lipinski definition) is 7. The van der Waals surface area contributed by atoms with Crippen LogP contribution in [0.4, 0.5) is 10.5 Å².